The van der Waals surface area contributed by atoms with Crippen LogP contribution >= 0.6 is 0 Å². The molecule has 1 aromatic rings. The lowest BCUT2D eigenvalue weighted by molar-refractivity contribution is 0.0963. The van der Waals surface area contributed by atoms with Gasteiger partial charge >= 0.3 is 0 Å². The first kappa shape index (κ1) is 15.1. The zero-order chi connectivity index (χ0) is 14.4. The Hall–Kier alpha value is -1.26. The van der Waals surface area contributed by atoms with Gasteiger partial charge in [0.15, 0.2) is 5.78 Å². The van der Waals surface area contributed by atoms with Crippen molar-refractivity contribution < 1.29 is 9.18 Å². The number of rotatable bonds is 6. The van der Waals surface area contributed by atoms with Gasteiger partial charge in [0.05, 0.1) is 0 Å². The zero-order valence-electron chi connectivity index (χ0n) is 12.1. The largest absolute Gasteiger partial charge is 0.301 e. The molecule has 1 saturated heterocycles. The van der Waals surface area contributed by atoms with Crippen LogP contribution in [0.3, 0.4) is 0 Å². The van der Waals surface area contributed by atoms with Gasteiger partial charge in [-0.05, 0) is 43.8 Å². The molecule has 0 aromatic heterocycles. The van der Waals surface area contributed by atoms with Gasteiger partial charge in [0.2, 0.25) is 0 Å². The van der Waals surface area contributed by atoms with E-state index in [0.29, 0.717) is 12.0 Å². The fraction of sp³-hybridized carbons (Fsp3) is 0.562. The molecule has 0 amide bonds. The maximum atomic E-state index is 12.8. The van der Waals surface area contributed by atoms with E-state index in [1.54, 1.807) is 12.1 Å². The van der Waals surface area contributed by atoms with Crippen molar-refractivity contribution in [1.82, 2.24) is 9.80 Å². The molecule has 110 valence electrons. The topological polar surface area (TPSA) is 23.6 Å². The van der Waals surface area contributed by atoms with Gasteiger partial charge in [-0.2, -0.15) is 0 Å². The summed E-state index contributed by atoms with van der Waals surface area (Å²) >= 11 is 0. The second-order valence-corrected chi connectivity index (χ2v) is 5.31. The van der Waals surface area contributed by atoms with Crippen LogP contribution in [0, 0.1) is 5.82 Å². The van der Waals surface area contributed by atoms with Crippen LogP contribution in [0.2, 0.25) is 0 Å². The molecular weight excluding hydrogens is 255 g/mol. The maximum absolute atomic E-state index is 12.8. The van der Waals surface area contributed by atoms with Crippen molar-refractivity contribution in [2.45, 2.75) is 19.8 Å². The average molecular weight is 278 g/mol. The first-order valence-corrected chi connectivity index (χ1v) is 7.42. The lowest BCUT2D eigenvalue weighted by Gasteiger charge is -2.33. The molecule has 3 nitrogen and oxygen atoms in total. The van der Waals surface area contributed by atoms with Gasteiger partial charge in [-0.25, -0.2) is 4.39 Å². The molecule has 4 heteroatoms. The minimum Gasteiger partial charge on any atom is -0.301 e. The lowest BCUT2D eigenvalue weighted by atomic mass is 10.1. The Balaban J connectivity index is 1.68. The highest BCUT2D eigenvalue weighted by atomic mass is 19.1. The highest BCUT2D eigenvalue weighted by Gasteiger charge is 2.15. The number of piperazine rings is 1. The van der Waals surface area contributed by atoms with Crippen molar-refractivity contribution in [2.75, 3.05) is 39.3 Å². The minimum absolute atomic E-state index is 0.109. The number of carbonyl (C=O) groups excluding carboxylic acids is 1. The Morgan fingerprint density at radius 2 is 1.70 bits per heavy atom. The van der Waals surface area contributed by atoms with Crippen molar-refractivity contribution in [3.63, 3.8) is 0 Å². The number of ketones is 1. The number of carbonyl (C=O) groups is 1. The minimum atomic E-state index is -0.296. The summed E-state index contributed by atoms with van der Waals surface area (Å²) in [7, 11) is 0. The van der Waals surface area contributed by atoms with Crippen LogP contribution in [0.15, 0.2) is 24.3 Å². The Morgan fingerprint density at radius 1 is 1.10 bits per heavy atom. The summed E-state index contributed by atoms with van der Waals surface area (Å²) in [5.41, 5.74) is 0.613. The molecular formula is C16H23FN2O. The van der Waals surface area contributed by atoms with Gasteiger partial charge in [0, 0.05) is 38.2 Å². The van der Waals surface area contributed by atoms with E-state index in [1.807, 2.05) is 0 Å². The highest BCUT2D eigenvalue weighted by molar-refractivity contribution is 5.95. The van der Waals surface area contributed by atoms with Gasteiger partial charge in [-0.3, -0.25) is 4.79 Å². The number of benzene rings is 1. The van der Waals surface area contributed by atoms with Gasteiger partial charge < -0.3 is 9.80 Å². The predicted octanol–water partition coefficient (Wildman–Crippen LogP) is 2.43. The van der Waals surface area contributed by atoms with Crippen molar-refractivity contribution in [1.29, 1.82) is 0 Å². The van der Waals surface area contributed by atoms with Gasteiger partial charge in [-0.1, -0.05) is 6.92 Å². The van der Waals surface area contributed by atoms with E-state index in [4.69, 9.17) is 0 Å². The predicted molar refractivity (Wildman–Crippen MR) is 78.5 cm³/mol. The third-order valence-corrected chi connectivity index (χ3v) is 3.96. The molecule has 0 aliphatic carbocycles. The maximum Gasteiger partial charge on any atom is 0.162 e. The molecule has 0 saturated carbocycles. The zero-order valence-corrected chi connectivity index (χ0v) is 12.1. The molecule has 0 spiro atoms. The van der Waals surface area contributed by atoms with Crippen molar-refractivity contribution in [2.24, 2.45) is 0 Å². The van der Waals surface area contributed by atoms with Crippen LogP contribution in [-0.2, 0) is 0 Å². The van der Waals surface area contributed by atoms with Gasteiger partial charge in [0.1, 0.15) is 5.82 Å². The molecule has 1 fully saturated rings. The van der Waals surface area contributed by atoms with Crippen LogP contribution in [0.5, 0.6) is 0 Å². The summed E-state index contributed by atoms with van der Waals surface area (Å²) in [4.78, 5) is 16.8. The molecule has 1 aromatic carbocycles. The Bertz CT molecular complexity index is 425. The molecule has 0 radical (unpaired) electrons. The van der Waals surface area contributed by atoms with Crippen LogP contribution in [0.25, 0.3) is 0 Å². The number of Topliss-reactive ketones (excluding diaryl/α,β-unsaturated/α-hetero) is 1. The Labute approximate surface area is 120 Å². The van der Waals surface area contributed by atoms with E-state index in [0.717, 1.165) is 45.7 Å². The van der Waals surface area contributed by atoms with E-state index in [9.17, 15) is 9.18 Å². The van der Waals surface area contributed by atoms with E-state index >= 15 is 0 Å². The number of likely N-dealkylation sites (N-methyl/N-ethyl adjacent to an activating group) is 1. The quantitative estimate of drug-likeness (QED) is 0.747. The second kappa shape index (κ2) is 7.50. The monoisotopic (exact) mass is 278 g/mol. The number of hydrogen-bond donors (Lipinski definition) is 0. The first-order chi connectivity index (χ1) is 9.69. The molecule has 0 N–H and O–H groups in total. The first-order valence-electron chi connectivity index (χ1n) is 7.42. The van der Waals surface area contributed by atoms with Gasteiger partial charge in [0.25, 0.3) is 0 Å². The SMILES string of the molecule is CCN1CCN(CCCC(=O)c2ccc(F)cc2)CC1. The molecule has 1 heterocycles. The number of halogens is 1. The normalized spacial score (nSPS) is 17.3. The third-order valence-electron chi connectivity index (χ3n) is 3.96. The van der Waals surface area contributed by atoms with E-state index in [2.05, 4.69) is 16.7 Å². The van der Waals surface area contributed by atoms with Crippen LogP contribution in [0.1, 0.15) is 30.1 Å². The highest BCUT2D eigenvalue weighted by Crippen LogP contribution is 2.09. The summed E-state index contributed by atoms with van der Waals surface area (Å²) < 4.78 is 12.8. The Morgan fingerprint density at radius 3 is 2.30 bits per heavy atom. The summed E-state index contributed by atoms with van der Waals surface area (Å²) in [5, 5.41) is 0. The summed E-state index contributed by atoms with van der Waals surface area (Å²) in [5.74, 6) is -0.187. The van der Waals surface area contributed by atoms with Gasteiger partial charge in [-0.15, -0.1) is 0 Å². The molecule has 0 unspecified atom stereocenters. The molecule has 20 heavy (non-hydrogen) atoms. The summed E-state index contributed by atoms with van der Waals surface area (Å²) in [6.07, 6.45) is 1.42. The third kappa shape index (κ3) is 4.39. The van der Waals surface area contributed by atoms with Crippen molar-refractivity contribution in [3.8, 4) is 0 Å². The van der Waals surface area contributed by atoms with Crippen molar-refractivity contribution >= 4 is 5.78 Å². The molecule has 0 bridgehead atoms. The van der Waals surface area contributed by atoms with E-state index in [1.165, 1.54) is 12.1 Å². The lowest BCUT2D eigenvalue weighted by Crippen LogP contribution is -2.46. The molecule has 0 atom stereocenters. The Kier molecular flexibility index (Phi) is 5.68. The van der Waals surface area contributed by atoms with Crippen LogP contribution < -0.4 is 0 Å². The van der Waals surface area contributed by atoms with Crippen LogP contribution in [0.4, 0.5) is 4.39 Å². The molecule has 2 rings (SSSR count). The smallest absolute Gasteiger partial charge is 0.162 e. The molecule has 1 aliphatic rings. The summed E-state index contributed by atoms with van der Waals surface area (Å²) in [6, 6.07) is 5.82. The second-order valence-electron chi connectivity index (χ2n) is 5.31. The van der Waals surface area contributed by atoms with E-state index < -0.39 is 0 Å². The van der Waals surface area contributed by atoms with E-state index in [-0.39, 0.29) is 11.6 Å². The molecule has 1 aliphatic heterocycles. The summed E-state index contributed by atoms with van der Waals surface area (Å²) in [6.45, 7) is 8.74. The van der Waals surface area contributed by atoms with Crippen LogP contribution in [-0.4, -0.2) is 54.9 Å². The number of nitrogens with zero attached hydrogens (tertiary/aromatic N) is 2. The average Bonchev–Trinajstić information content (AvgIpc) is 2.48. The standard InChI is InChI=1S/C16H23FN2O/c1-2-18-10-12-19(13-11-18)9-3-4-16(20)14-5-7-15(17)8-6-14/h5-8H,2-4,9-13H2,1H3. The van der Waals surface area contributed by atoms with Crippen molar-refractivity contribution in [3.05, 3.63) is 35.6 Å². The fourth-order valence-electron chi connectivity index (χ4n) is 2.57. The fourth-order valence-corrected chi connectivity index (χ4v) is 2.57. The number of hydrogen-bond acceptors (Lipinski definition) is 3.